The molecule has 0 N–H and O–H groups in total. The first kappa shape index (κ1) is 21.5. The second kappa shape index (κ2) is 5.76. The van der Waals surface area contributed by atoms with Crippen molar-refractivity contribution >= 4 is 11.0 Å². The highest BCUT2D eigenvalue weighted by molar-refractivity contribution is 5.85. The van der Waals surface area contributed by atoms with Gasteiger partial charge in [-0.25, -0.2) is 9.97 Å². The zero-order valence-corrected chi connectivity index (χ0v) is 21.6. The summed E-state index contributed by atoms with van der Waals surface area (Å²) in [5.41, 5.74) is 6.60. The van der Waals surface area contributed by atoms with Crippen LogP contribution in [0, 0.1) is 5.41 Å². The van der Waals surface area contributed by atoms with Crippen molar-refractivity contribution < 1.29 is 4.74 Å². The van der Waals surface area contributed by atoms with Crippen LogP contribution in [-0.4, -0.2) is 14.5 Å². The third-order valence-electron chi connectivity index (χ3n) is 9.02. The van der Waals surface area contributed by atoms with Crippen molar-refractivity contribution in [3.05, 3.63) is 41.1 Å². The Morgan fingerprint density at radius 3 is 2.00 bits per heavy atom. The molecule has 4 nitrogen and oxygen atoms in total. The van der Waals surface area contributed by atoms with E-state index in [1.54, 1.807) is 0 Å². The molecule has 1 aliphatic heterocycles. The number of benzene rings is 1. The van der Waals surface area contributed by atoms with E-state index in [1.165, 1.54) is 11.1 Å². The molecule has 2 aromatic heterocycles. The van der Waals surface area contributed by atoms with Crippen LogP contribution < -0.4 is 4.74 Å². The van der Waals surface area contributed by atoms with Crippen LogP contribution in [0.15, 0.2) is 24.3 Å². The van der Waals surface area contributed by atoms with Crippen LogP contribution in [-0.2, 0) is 22.0 Å². The topological polar surface area (TPSA) is 39.9 Å². The van der Waals surface area contributed by atoms with Crippen molar-refractivity contribution in [3.63, 3.8) is 0 Å². The third-order valence-corrected chi connectivity index (χ3v) is 9.02. The van der Waals surface area contributed by atoms with Crippen molar-refractivity contribution in [2.75, 3.05) is 0 Å². The smallest absolute Gasteiger partial charge is 0.226 e. The first-order chi connectivity index (χ1) is 14.5. The van der Waals surface area contributed by atoms with Crippen LogP contribution >= 0.6 is 0 Å². The lowest BCUT2D eigenvalue weighted by Gasteiger charge is -2.44. The molecule has 1 aromatic carbocycles. The van der Waals surface area contributed by atoms with Crippen LogP contribution in [0.3, 0.4) is 0 Å². The van der Waals surface area contributed by atoms with Gasteiger partial charge in [0.05, 0.1) is 16.6 Å². The highest BCUT2D eigenvalue weighted by Crippen LogP contribution is 2.62. The molecule has 1 aliphatic carbocycles. The van der Waals surface area contributed by atoms with Gasteiger partial charge in [-0.2, -0.15) is 0 Å². The zero-order valence-electron chi connectivity index (χ0n) is 21.6. The first-order valence-electron chi connectivity index (χ1n) is 11.8. The van der Waals surface area contributed by atoms with Crippen molar-refractivity contribution in [2.24, 2.45) is 5.41 Å². The Hall–Kier alpha value is -2.36. The number of hydrogen-bond donors (Lipinski definition) is 0. The first-order valence-corrected chi connectivity index (χ1v) is 11.8. The normalized spacial score (nSPS) is 21.6. The van der Waals surface area contributed by atoms with Crippen molar-refractivity contribution in [3.8, 4) is 17.3 Å². The summed E-state index contributed by atoms with van der Waals surface area (Å²) < 4.78 is 8.77. The zero-order chi connectivity index (χ0) is 23.6. The maximum atomic E-state index is 6.51. The Balaban J connectivity index is 1.81. The quantitative estimate of drug-likeness (QED) is 0.382. The number of pyridine rings is 1. The van der Waals surface area contributed by atoms with Crippen molar-refractivity contribution in [1.29, 1.82) is 0 Å². The molecule has 0 saturated heterocycles. The summed E-state index contributed by atoms with van der Waals surface area (Å²) in [6.45, 7) is 25.1. The molecule has 0 radical (unpaired) electrons. The lowest BCUT2D eigenvalue weighted by atomic mass is 9.59. The molecule has 0 bridgehead atoms. The summed E-state index contributed by atoms with van der Waals surface area (Å²) in [6, 6.07) is 8.95. The second-order valence-corrected chi connectivity index (χ2v) is 12.9. The number of ether oxygens (including phenoxy) is 1. The van der Waals surface area contributed by atoms with E-state index in [2.05, 4.69) is 105 Å². The van der Waals surface area contributed by atoms with Crippen LogP contribution in [0.25, 0.3) is 22.4 Å². The lowest BCUT2D eigenvalue weighted by molar-refractivity contribution is 0.0251. The summed E-state index contributed by atoms with van der Waals surface area (Å²) in [5.74, 6) is 1.62. The summed E-state index contributed by atoms with van der Waals surface area (Å²) in [7, 11) is 0. The monoisotopic (exact) mass is 431 g/mol. The van der Waals surface area contributed by atoms with Gasteiger partial charge >= 0.3 is 0 Å². The molecule has 170 valence electrons. The van der Waals surface area contributed by atoms with Gasteiger partial charge in [0, 0.05) is 11.1 Å². The third kappa shape index (κ3) is 2.44. The van der Waals surface area contributed by atoms with E-state index in [0.717, 1.165) is 28.1 Å². The fourth-order valence-corrected chi connectivity index (χ4v) is 5.73. The Morgan fingerprint density at radius 2 is 1.41 bits per heavy atom. The van der Waals surface area contributed by atoms with Crippen LogP contribution in [0.1, 0.15) is 93.0 Å². The van der Waals surface area contributed by atoms with E-state index in [1.807, 2.05) is 0 Å². The van der Waals surface area contributed by atoms with E-state index in [9.17, 15) is 0 Å². The summed E-state index contributed by atoms with van der Waals surface area (Å²) in [5, 5.41) is 0. The predicted molar refractivity (Wildman–Crippen MR) is 131 cm³/mol. The average Bonchev–Trinajstić information content (AvgIpc) is 3.08. The van der Waals surface area contributed by atoms with Gasteiger partial charge in [0.2, 0.25) is 5.88 Å². The maximum Gasteiger partial charge on any atom is 0.226 e. The molecule has 2 aliphatic rings. The standard InChI is InChI=1S/C28H37N3O/c1-24(2,3)21-13-12-16-22-29-19-14-17-18(26(6,7)27(8,9)25(17,4)5)15-20(19)31(22)28(10,11)32-23(16)30-21/h12-15H,1-11H3. The van der Waals surface area contributed by atoms with E-state index >= 15 is 0 Å². The Morgan fingerprint density at radius 1 is 0.812 bits per heavy atom. The number of hydrogen-bond acceptors (Lipinski definition) is 3. The SMILES string of the molecule is CC(C)(C)c1ccc2c(n1)OC(C)(C)n1c-2nc2cc3c(cc21)C(C)(C)C(C)(C)C3(C)C. The molecule has 0 atom stereocenters. The molecule has 0 saturated carbocycles. The van der Waals surface area contributed by atoms with Gasteiger partial charge in [0.1, 0.15) is 5.82 Å². The number of fused-ring (bicyclic) bond motifs is 6. The number of aromatic nitrogens is 3. The van der Waals surface area contributed by atoms with Gasteiger partial charge in [-0.1, -0.05) is 62.3 Å². The van der Waals surface area contributed by atoms with E-state index in [4.69, 9.17) is 14.7 Å². The molecular formula is C28H37N3O. The largest absolute Gasteiger partial charge is 0.451 e. The number of rotatable bonds is 0. The molecule has 0 spiro atoms. The molecule has 0 fully saturated rings. The highest BCUT2D eigenvalue weighted by atomic mass is 16.5. The van der Waals surface area contributed by atoms with Gasteiger partial charge in [0.25, 0.3) is 0 Å². The highest BCUT2D eigenvalue weighted by Gasteiger charge is 2.57. The molecule has 4 heteroatoms. The van der Waals surface area contributed by atoms with Crippen LogP contribution in [0.2, 0.25) is 0 Å². The van der Waals surface area contributed by atoms with Gasteiger partial charge in [0.15, 0.2) is 5.72 Å². The maximum absolute atomic E-state index is 6.51. The summed E-state index contributed by atoms with van der Waals surface area (Å²) in [4.78, 5) is 10.1. The second-order valence-electron chi connectivity index (χ2n) is 12.9. The Kier molecular flexibility index (Phi) is 3.87. The summed E-state index contributed by atoms with van der Waals surface area (Å²) >= 11 is 0. The van der Waals surface area contributed by atoms with Gasteiger partial charge in [-0.15, -0.1) is 0 Å². The number of nitrogens with zero attached hydrogens (tertiary/aromatic N) is 3. The fraction of sp³-hybridized carbons (Fsp3) is 0.571. The van der Waals surface area contributed by atoms with Gasteiger partial charge in [-0.3, -0.25) is 4.57 Å². The minimum absolute atomic E-state index is 0.0368. The van der Waals surface area contributed by atoms with Crippen molar-refractivity contribution in [2.45, 2.75) is 98.1 Å². The van der Waals surface area contributed by atoms with Gasteiger partial charge in [-0.05, 0) is 65.5 Å². The molecule has 3 heterocycles. The van der Waals surface area contributed by atoms with E-state index in [-0.39, 0.29) is 21.7 Å². The molecule has 5 rings (SSSR count). The predicted octanol–water partition coefficient (Wildman–Crippen LogP) is 7.08. The van der Waals surface area contributed by atoms with E-state index in [0.29, 0.717) is 5.88 Å². The molecule has 0 amide bonds. The van der Waals surface area contributed by atoms with E-state index < -0.39 is 5.72 Å². The summed E-state index contributed by atoms with van der Waals surface area (Å²) in [6.07, 6.45) is 0. The molecule has 3 aromatic rings. The molecule has 32 heavy (non-hydrogen) atoms. The molecule has 0 unspecified atom stereocenters. The molecular weight excluding hydrogens is 394 g/mol. The Bertz CT molecular complexity index is 1280. The lowest BCUT2D eigenvalue weighted by Crippen LogP contribution is -2.42. The minimum atomic E-state index is -0.581. The average molecular weight is 432 g/mol. The Labute approximate surface area is 192 Å². The van der Waals surface area contributed by atoms with Crippen LogP contribution in [0.5, 0.6) is 5.88 Å². The van der Waals surface area contributed by atoms with Crippen molar-refractivity contribution in [1.82, 2.24) is 14.5 Å². The van der Waals surface area contributed by atoms with Gasteiger partial charge < -0.3 is 4.74 Å². The minimum Gasteiger partial charge on any atom is -0.451 e. The fourth-order valence-electron chi connectivity index (χ4n) is 5.73. The van der Waals surface area contributed by atoms with Crippen LogP contribution in [0.4, 0.5) is 0 Å². The number of imidazole rings is 1.